The van der Waals surface area contributed by atoms with Gasteiger partial charge >= 0.3 is 0 Å². The summed E-state index contributed by atoms with van der Waals surface area (Å²) in [6.45, 7) is 7.51. The molecule has 17 heavy (non-hydrogen) atoms. The van der Waals surface area contributed by atoms with E-state index >= 15 is 0 Å². The molecule has 1 aromatic rings. The molecule has 3 heteroatoms. The third-order valence-corrected chi connectivity index (χ3v) is 3.07. The van der Waals surface area contributed by atoms with Gasteiger partial charge < -0.3 is 5.32 Å². The van der Waals surface area contributed by atoms with E-state index in [0.29, 0.717) is 6.04 Å². The van der Waals surface area contributed by atoms with Gasteiger partial charge in [0.2, 0.25) is 0 Å². The quantitative estimate of drug-likeness (QED) is 0.749. The van der Waals surface area contributed by atoms with Crippen LogP contribution >= 0.6 is 0 Å². The number of pyridine rings is 1. The normalized spacial score (nSPS) is 11.4. The fourth-order valence-electron chi connectivity index (χ4n) is 1.88. The summed E-state index contributed by atoms with van der Waals surface area (Å²) < 4.78 is 0. The Hall–Kier alpha value is -0.930. The van der Waals surface area contributed by atoms with E-state index in [2.05, 4.69) is 42.2 Å². The third kappa shape index (κ3) is 5.80. The first-order chi connectivity index (χ1) is 8.26. The Kier molecular flexibility index (Phi) is 6.82. The predicted octanol–water partition coefficient (Wildman–Crippen LogP) is 2.29. The van der Waals surface area contributed by atoms with Crippen molar-refractivity contribution < 1.29 is 0 Å². The molecule has 0 radical (unpaired) electrons. The highest BCUT2D eigenvalue weighted by Gasteiger charge is 2.04. The SMILES string of the molecule is CCC(CC)NCCN(C)Cc1ccccn1. The van der Waals surface area contributed by atoms with E-state index in [1.54, 1.807) is 0 Å². The van der Waals surface area contributed by atoms with Crippen LogP contribution in [0.25, 0.3) is 0 Å². The monoisotopic (exact) mass is 235 g/mol. The molecule has 0 fully saturated rings. The minimum absolute atomic E-state index is 0.665. The molecule has 0 spiro atoms. The van der Waals surface area contributed by atoms with Crippen LogP contribution in [-0.4, -0.2) is 36.1 Å². The second-order valence-electron chi connectivity index (χ2n) is 4.53. The second-order valence-corrected chi connectivity index (χ2v) is 4.53. The zero-order valence-electron chi connectivity index (χ0n) is 11.3. The number of rotatable bonds is 8. The van der Waals surface area contributed by atoms with Crippen molar-refractivity contribution in [1.82, 2.24) is 15.2 Å². The lowest BCUT2D eigenvalue weighted by atomic mass is 10.2. The maximum absolute atomic E-state index is 4.33. The van der Waals surface area contributed by atoms with Crippen molar-refractivity contribution in [2.45, 2.75) is 39.3 Å². The van der Waals surface area contributed by atoms with Crippen LogP contribution < -0.4 is 5.32 Å². The minimum Gasteiger partial charge on any atom is -0.313 e. The molecule has 3 nitrogen and oxygen atoms in total. The lowest BCUT2D eigenvalue weighted by Crippen LogP contribution is -2.35. The number of hydrogen-bond donors (Lipinski definition) is 1. The zero-order chi connectivity index (χ0) is 12.5. The number of hydrogen-bond acceptors (Lipinski definition) is 3. The molecule has 96 valence electrons. The molecule has 0 aliphatic rings. The van der Waals surface area contributed by atoms with Gasteiger partial charge in [0, 0.05) is 31.9 Å². The van der Waals surface area contributed by atoms with Crippen LogP contribution in [0, 0.1) is 0 Å². The van der Waals surface area contributed by atoms with Crippen molar-refractivity contribution in [3.05, 3.63) is 30.1 Å². The van der Waals surface area contributed by atoms with Crippen molar-refractivity contribution in [2.75, 3.05) is 20.1 Å². The molecule has 0 unspecified atom stereocenters. The first-order valence-corrected chi connectivity index (χ1v) is 6.58. The summed E-state index contributed by atoms with van der Waals surface area (Å²) in [6, 6.07) is 6.74. The van der Waals surface area contributed by atoms with Crippen LogP contribution in [0.3, 0.4) is 0 Å². The van der Waals surface area contributed by atoms with Gasteiger partial charge in [-0.2, -0.15) is 0 Å². The van der Waals surface area contributed by atoms with E-state index in [9.17, 15) is 0 Å². The molecule has 0 aliphatic heterocycles. The van der Waals surface area contributed by atoms with Crippen LogP contribution in [0.4, 0.5) is 0 Å². The van der Waals surface area contributed by atoms with E-state index in [-0.39, 0.29) is 0 Å². The van der Waals surface area contributed by atoms with Crippen LogP contribution in [0.5, 0.6) is 0 Å². The number of nitrogens with zero attached hydrogens (tertiary/aromatic N) is 2. The van der Waals surface area contributed by atoms with E-state index in [0.717, 1.165) is 25.3 Å². The van der Waals surface area contributed by atoms with Gasteiger partial charge in [-0.25, -0.2) is 0 Å². The molecular weight excluding hydrogens is 210 g/mol. The molecule has 1 N–H and O–H groups in total. The topological polar surface area (TPSA) is 28.2 Å². The summed E-state index contributed by atoms with van der Waals surface area (Å²) in [7, 11) is 2.14. The van der Waals surface area contributed by atoms with Crippen molar-refractivity contribution in [3.8, 4) is 0 Å². The molecule has 0 bridgehead atoms. The Morgan fingerprint density at radius 3 is 2.65 bits per heavy atom. The van der Waals surface area contributed by atoms with Gasteiger partial charge in [-0.3, -0.25) is 9.88 Å². The van der Waals surface area contributed by atoms with E-state index < -0.39 is 0 Å². The Balaban J connectivity index is 2.19. The van der Waals surface area contributed by atoms with Gasteiger partial charge in [-0.1, -0.05) is 19.9 Å². The summed E-state index contributed by atoms with van der Waals surface area (Å²) in [5.41, 5.74) is 1.14. The standard InChI is InChI=1S/C14H25N3/c1-4-13(5-2)16-10-11-17(3)12-14-8-6-7-9-15-14/h6-9,13,16H,4-5,10-12H2,1-3H3. The lowest BCUT2D eigenvalue weighted by Gasteiger charge is -2.19. The van der Waals surface area contributed by atoms with E-state index in [4.69, 9.17) is 0 Å². The summed E-state index contributed by atoms with van der Waals surface area (Å²) in [4.78, 5) is 6.64. The third-order valence-electron chi connectivity index (χ3n) is 3.07. The Morgan fingerprint density at radius 1 is 1.29 bits per heavy atom. The van der Waals surface area contributed by atoms with Crippen LogP contribution in [0.2, 0.25) is 0 Å². The van der Waals surface area contributed by atoms with Gasteiger partial charge in [0.05, 0.1) is 5.69 Å². The minimum atomic E-state index is 0.665. The lowest BCUT2D eigenvalue weighted by molar-refractivity contribution is 0.310. The fourth-order valence-corrected chi connectivity index (χ4v) is 1.88. The molecule has 1 rings (SSSR count). The molecule has 0 saturated carbocycles. The van der Waals surface area contributed by atoms with Crippen LogP contribution in [0.1, 0.15) is 32.4 Å². The van der Waals surface area contributed by atoms with Crippen molar-refractivity contribution in [3.63, 3.8) is 0 Å². The average molecular weight is 235 g/mol. The smallest absolute Gasteiger partial charge is 0.0543 e. The Labute approximate surface area is 105 Å². The fraction of sp³-hybridized carbons (Fsp3) is 0.643. The molecular formula is C14H25N3. The maximum Gasteiger partial charge on any atom is 0.0543 e. The van der Waals surface area contributed by atoms with Crippen molar-refractivity contribution in [2.24, 2.45) is 0 Å². The summed E-state index contributed by atoms with van der Waals surface area (Å²) >= 11 is 0. The summed E-state index contributed by atoms with van der Waals surface area (Å²) in [5.74, 6) is 0. The predicted molar refractivity (Wildman–Crippen MR) is 72.9 cm³/mol. The number of likely N-dealkylation sites (N-methyl/N-ethyl adjacent to an activating group) is 1. The first kappa shape index (κ1) is 14.1. The molecule has 0 saturated heterocycles. The van der Waals surface area contributed by atoms with Gasteiger partial charge in [0.1, 0.15) is 0 Å². The van der Waals surface area contributed by atoms with Gasteiger partial charge in [0.25, 0.3) is 0 Å². The summed E-state index contributed by atoms with van der Waals surface area (Å²) in [6.07, 6.45) is 4.27. The zero-order valence-corrected chi connectivity index (χ0v) is 11.3. The second kappa shape index (κ2) is 8.20. The average Bonchev–Trinajstić information content (AvgIpc) is 2.36. The van der Waals surface area contributed by atoms with Crippen LogP contribution in [-0.2, 0) is 6.54 Å². The Bertz CT molecular complexity index is 283. The number of aromatic nitrogens is 1. The molecule has 0 aromatic carbocycles. The molecule has 0 amide bonds. The maximum atomic E-state index is 4.33. The van der Waals surface area contributed by atoms with Crippen molar-refractivity contribution >= 4 is 0 Å². The van der Waals surface area contributed by atoms with Crippen LogP contribution in [0.15, 0.2) is 24.4 Å². The Morgan fingerprint density at radius 2 is 2.06 bits per heavy atom. The molecule has 1 aromatic heterocycles. The largest absolute Gasteiger partial charge is 0.313 e. The highest BCUT2D eigenvalue weighted by atomic mass is 15.1. The van der Waals surface area contributed by atoms with Gasteiger partial charge in [-0.05, 0) is 32.0 Å². The number of nitrogens with one attached hydrogen (secondary N) is 1. The highest BCUT2D eigenvalue weighted by molar-refractivity contribution is 5.02. The molecule has 1 heterocycles. The highest BCUT2D eigenvalue weighted by Crippen LogP contribution is 1.99. The van der Waals surface area contributed by atoms with Gasteiger partial charge in [0.15, 0.2) is 0 Å². The van der Waals surface area contributed by atoms with Crippen molar-refractivity contribution in [1.29, 1.82) is 0 Å². The van der Waals surface area contributed by atoms with E-state index in [1.165, 1.54) is 12.8 Å². The van der Waals surface area contributed by atoms with Gasteiger partial charge in [-0.15, -0.1) is 0 Å². The molecule has 0 atom stereocenters. The molecule has 0 aliphatic carbocycles. The summed E-state index contributed by atoms with van der Waals surface area (Å²) in [5, 5.41) is 3.57. The first-order valence-electron chi connectivity index (χ1n) is 6.58. The van der Waals surface area contributed by atoms with E-state index in [1.807, 2.05) is 18.3 Å².